The van der Waals surface area contributed by atoms with E-state index in [1.54, 1.807) is 18.2 Å². The van der Waals surface area contributed by atoms with E-state index in [1.165, 1.54) is 12.1 Å². The Labute approximate surface area is 179 Å². The maximum Gasteiger partial charge on any atom is 0.127 e. The number of rotatable bonds is 5. The van der Waals surface area contributed by atoms with Crippen LogP contribution in [0.1, 0.15) is 16.7 Å². The standard InChI is InChI=1S/C26H17ClFNO/c27-25-11-4-2-7-20(25)17-30-26-13-12-18-6-1-3-10-23(18)24(26)15-21(16-29)19-8-5-9-22(28)14-19/h1-15H,17H2/b21-15-. The Hall–Kier alpha value is -3.61. The fourth-order valence-corrected chi connectivity index (χ4v) is 3.49. The Morgan fingerprint density at radius 3 is 2.57 bits per heavy atom. The summed E-state index contributed by atoms with van der Waals surface area (Å²) in [5.74, 6) is 0.236. The van der Waals surface area contributed by atoms with Crippen molar-refractivity contribution in [1.82, 2.24) is 0 Å². The largest absolute Gasteiger partial charge is 0.488 e. The SMILES string of the molecule is N#C/C(=C/c1c(OCc2ccccc2Cl)ccc2ccccc12)c1cccc(F)c1. The molecule has 0 aliphatic carbocycles. The van der Waals surface area contributed by atoms with E-state index >= 15 is 0 Å². The Kier molecular flexibility index (Phi) is 5.79. The number of hydrogen-bond acceptors (Lipinski definition) is 2. The van der Waals surface area contributed by atoms with E-state index in [-0.39, 0.29) is 5.82 Å². The molecule has 4 heteroatoms. The summed E-state index contributed by atoms with van der Waals surface area (Å²) >= 11 is 6.26. The molecular formula is C26H17ClFNO. The minimum Gasteiger partial charge on any atom is -0.488 e. The zero-order valence-electron chi connectivity index (χ0n) is 16.0. The number of hydrogen-bond donors (Lipinski definition) is 0. The van der Waals surface area contributed by atoms with Crippen LogP contribution in [0.2, 0.25) is 5.02 Å². The molecule has 4 aromatic carbocycles. The van der Waals surface area contributed by atoms with Gasteiger partial charge in [0.25, 0.3) is 0 Å². The fraction of sp³-hybridized carbons (Fsp3) is 0.0385. The first-order chi connectivity index (χ1) is 14.7. The molecule has 2 nitrogen and oxygen atoms in total. The Morgan fingerprint density at radius 2 is 1.77 bits per heavy atom. The summed E-state index contributed by atoms with van der Waals surface area (Å²) in [6.45, 7) is 0.292. The maximum atomic E-state index is 13.7. The third kappa shape index (κ3) is 4.20. The van der Waals surface area contributed by atoms with Crippen molar-refractivity contribution in [3.63, 3.8) is 0 Å². The van der Waals surface area contributed by atoms with E-state index in [0.29, 0.717) is 28.5 Å². The van der Waals surface area contributed by atoms with Gasteiger partial charge in [-0.2, -0.15) is 5.26 Å². The van der Waals surface area contributed by atoms with Crippen LogP contribution in [0.3, 0.4) is 0 Å². The molecule has 0 fully saturated rings. The Bertz CT molecular complexity index is 1290. The van der Waals surface area contributed by atoms with Gasteiger partial charge in [-0.05, 0) is 46.7 Å². The van der Waals surface area contributed by atoms with Crippen LogP contribution in [-0.4, -0.2) is 0 Å². The van der Waals surface area contributed by atoms with Crippen molar-refractivity contribution in [3.8, 4) is 11.8 Å². The van der Waals surface area contributed by atoms with Crippen molar-refractivity contribution in [3.05, 3.63) is 112 Å². The quantitative estimate of drug-likeness (QED) is 0.254. The lowest BCUT2D eigenvalue weighted by Crippen LogP contribution is -1.98. The van der Waals surface area contributed by atoms with Gasteiger partial charge in [-0.15, -0.1) is 0 Å². The average Bonchev–Trinajstić information content (AvgIpc) is 2.77. The minimum absolute atomic E-state index is 0.292. The molecule has 30 heavy (non-hydrogen) atoms. The van der Waals surface area contributed by atoms with Crippen LogP contribution in [0.25, 0.3) is 22.4 Å². The monoisotopic (exact) mass is 413 g/mol. The highest BCUT2D eigenvalue weighted by molar-refractivity contribution is 6.31. The van der Waals surface area contributed by atoms with Crippen LogP contribution in [-0.2, 0) is 6.61 Å². The molecule has 0 aliphatic heterocycles. The predicted molar refractivity (Wildman–Crippen MR) is 120 cm³/mol. The molecule has 0 bridgehead atoms. The van der Waals surface area contributed by atoms with Crippen molar-refractivity contribution in [2.75, 3.05) is 0 Å². The van der Waals surface area contributed by atoms with Crippen LogP contribution in [0.5, 0.6) is 5.75 Å². The van der Waals surface area contributed by atoms with Gasteiger partial charge in [0, 0.05) is 16.1 Å². The third-order valence-corrected chi connectivity index (χ3v) is 5.19. The second-order valence-corrected chi connectivity index (χ2v) is 7.17. The molecule has 0 saturated heterocycles. The average molecular weight is 414 g/mol. The maximum absolute atomic E-state index is 13.7. The first kappa shape index (κ1) is 19.7. The second-order valence-electron chi connectivity index (χ2n) is 6.76. The van der Waals surface area contributed by atoms with Gasteiger partial charge in [-0.25, -0.2) is 4.39 Å². The molecule has 0 unspecified atom stereocenters. The molecule has 0 aliphatic rings. The zero-order chi connectivity index (χ0) is 20.9. The van der Waals surface area contributed by atoms with E-state index in [4.69, 9.17) is 16.3 Å². The Morgan fingerprint density at radius 1 is 0.967 bits per heavy atom. The van der Waals surface area contributed by atoms with Crippen LogP contribution < -0.4 is 4.74 Å². The predicted octanol–water partition coefficient (Wildman–Crippen LogP) is 7.28. The molecule has 4 rings (SSSR count). The zero-order valence-corrected chi connectivity index (χ0v) is 16.7. The van der Waals surface area contributed by atoms with E-state index < -0.39 is 0 Å². The van der Waals surface area contributed by atoms with E-state index in [0.717, 1.165) is 21.9 Å². The first-order valence-corrected chi connectivity index (χ1v) is 9.79. The topological polar surface area (TPSA) is 33.0 Å². The summed E-state index contributed by atoms with van der Waals surface area (Å²) in [5.41, 5.74) is 2.50. The molecule has 0 spiro atoms. The number of halogens is 2. The summed E-state index contributed by atoms with van der Waals surface area (Å²) in [7, 11) is 0. The lowest BCUT2D eigenvalue weighted by Gasteiger charge is -2.13. The molecule has 4 aromatic rings. The molecule has 0 saturated carbocycles. The molecule has 0 amide bonds. The highest BCUT2D eigenvalue weighted by Gasteiger charge is 2.11. The highest BCUT2D eigenvalue weighted by Crippen LogP contribution is 2.33. The van der Waals surface area contributed by atoms with E-state index in [9.17, 15) is 9.65 Å². The van der Waals surface area contributed by atoms with Crippen molar-refractivity contribution >= 4 is 34.0 Å². The minimum atomic E-state index is -0.387. The number of allylic oxidation sites excluding steroid dienone is 1. The van der Waals surface area contributed by atoms with Gasteiger partial charge in [0.2, 0.25) is 0 Å². The van der Waals surface area contributed by atoms with Gasteiger partial charge in [0.1, 0.15) is 18.2 Å². The molecule has 0 heterocycles. The van der Waals surface area contributed by atoms with Crippen LogP contribution >= 0.6 is 11.6 Å². The van der Waals surface area contributed by atoms with Gasteiger partial charge in [0.15, 0.2) is 0 Å². The lowest BCUT2D eigenvalue weighted by atomic mass is 9.98. The number of nitriles is 1. The smallest absolute Gasteiger partial charge is 0.127 e. The summed E-state index contributed by atoms with van der Waals surface area (Å²) in [6, 6.07) is 27.4. The number of benzene rings is 4. The van der Waals surface area contributed by atoms with Gasteiger partial charge in [0.05, 0.1) is 11.6 Å². The summed E-state index contributed by atoms with van der Waals surface area (Å²) in [5, 5.41) is 12.3. The van der Waals surface area contributed by atoms with Crippen LogP contribution in [0, 0.1) is 17.1 Å². The lowest BCUT2D eigenvalue weighted by molar-refractivity contribution is 0.306. The molecule has 0 aromatic heterocycles. The van der Waals surface area contributed by atoms with Gasteiger partial charge >= 0.3 is 0 Å². The van der Waals surface area contributed by atoms with Crippen LogP contribution in [0.15, 0.2) is 84.9 Å². The molecule has 0 atom stereocenters. The third-order valence-electron chi connectivity index (χ3n) is 4.82. The van der Waals surface area contributed by atoms with Crippen molar-refractivity contribution in [2.45, 2.75) is 6.61 Å². The van der Waals surface area contributed by atoms with E-state index in [1.807, 2.05) is 60.7 Å². The van der Waals surface area contributed by atoms with E-state index in [2.05, 4.69) is 6.07 Å². The van der Waals surface area contributed by atoms with Gasteiger partial charge in [-0.3, -0.25) is 0 Å². The van der Waals surface area contributed by atoms with Crippen molar-refractivity contribution in [1.29, 1.82) is 5.26 Å². The number of ether oxygens (including phenoxy) is 1. The molecule has 146 valence electrons. The number of nitrogens with zero attached hydrogens (tertiary/aromatic N) is 1. The first-order valence-electron chi connectivity index (χ1n) is 9.41. The van der Waals surface area contributed by atoms with Crippen molar-refractivity contribution < 1.29 is 9.13 Å². The van der Waals surface area contributed by atoms with Gasteiger partial charge < -0.3 is 4.74 Å². The molecular weight excluding hydrogens is 397 g/mol. The summed E-state index contributed by atoms with van der Waals surface area (Å²) < 4.78 is 19.8. The summed E-state index contributed by atoms with van der Waals surface area (Å²) in [4.78, 5) is 0. The summed E-state index contributed by atoms with van der Waals surface area (Å²) in [6.07, 6.45) is 1.75. The number of fused-ring (bicyclic) bond motifs is 1. The second kappa shape index (κ2) is 8.82. The highest BCUT2D eigenvalue weighted by atomic mass is 35.5. The molecule has 0 N–H and O–H groups in total. The Balaban J connectivity index is 1.81. The van der Waals surface area contributed by atoms with Crippen LogP contribution in [0.4, 0.5) is 4.39 Å². The molecule has 0 radical (unpaired) electrons. The van der Waals surface area contributed by atoms with Crippen molar-refractivity contribution in [2.24, 2.45) is 0 Å². The normalized spacial score (nSPS) is 11.3. The van der Waals surface area contributed by atoms with Gasteiger partial charge in [-0.1, -0.05) is 72.3 Å². The fourth-order valence-electron chi connectivity index (χ4n) is 3.30.